The van der Waals surface area contributed by atoms with E-state index >= 15 is 0 Å². The lowest BCUT2D eigenvalue weighted by molar-refractivity contribution is -0.153. The van der Waals surface area contributed by atoms with Gasteiger partial charge in [0.15, 0.2) is 5.82 Å². The molecule has 4 rings (SSSR count). The van der Waals surface area contributed by atoms with Crippen molar-refractivity contribution in [2.45, 2.75) is 57.2 Å². The van der Waals surface area contributed by atoms with E-state index in [2.05, 4.69) is 4.98 Å². The molecule has 1 unspecified atom stereocenters. The Hall–Kier alpha value is -1.91. The maximum absolute atomic E-state index is 14.8. The minimum Gasteiger partial charge on any atom is -0.377 e. The van der Waals surface area contributed by atoms with Crippen molar-refractivity contribution < 1.29 is 26.7 Å². The lowest BCUT2D eigenvalue weighted by Gasteiger charge is -2.41. The first-order valence-electron chi connectivity index (χ1n) is 9.80. The maximum atomic E-state index is 14.8. The summed E-state index contributed by atoms with van der Waals surface area (Å²) in [6.45, 7) is 1.72. The van der Waals surface area contributed by atoms with Crippen LogP contribution >= 0.6 is 0 Å². The van der Waals surface area contributed by atoms with Crippen LogP contribution < -0.4 is 15.4 Å². The molecule has 11 heteroatoms. The van der Waals surface area contributed by atoms with Crippen LogP contribution in [0.25, 0.3) is 0 Å². The SMILES string of the molecule is C[C@@H]1COCCN1c1nc2n(c(=O)c1F)CCC(C(F)(F)F)N2C[C@@H](F)C1CC1. The molecule has 0 amide bonds. The third kappa shape index (κ3) is 3.80. The molecule has 1 aromatic rings. The molecule has 162 valence electrons. The Balaban J connectivity index is 1.78. The minimum absolute atomic E-state index is 0.254. The van der Waals surface area contributed by atoms with Crippen molar-refractivity contribution >= 4 is 11.8 Å². The summed E-state index contributed by atoms with van der Waals surface area (Å²) >= 11 is 0. The second-order valence-corrected chi connectivity index (χ2v) is 7.98. The molecule has 2 fully saturated rings. The first-order chi connectivity index (χ1) is 13.7. The lowest BCUT2D eigenvalue weighted by atomic mass is 10.1. The molecule has 0 bridgehead atoms. The molecule has 3 heterocycles. The van der Waals surface area contributed by atoms with Gasteiger partial charge in [-0.15, -0.1) is 0 Å². The van der Waals surface area contributed by atoms with Gasteiger partial charge in [0, 0.05) is 13.1 Å². The first kappa shape index (κ1) is 20.4. The Labute approximate surface area is 164 Å². The quantitative estimate of drug-likeness (QED) is 0.698. The van der Waals surface area contributed by atoms with E-state index in [-0.39, 0.29) is 50.0 Å². The zero-order valence-electron chi connectivity index (χ0n) is 16.0. The van der Waals surface area contributed by atoms with Crippen molar-refractivity contribution in [3.63, 3.8) is 0 Å². The van der Waals surface area contributed by atoms with Gasteiger partial charge < -0.3 is 14.5 Å². The van der Waals surface area contributed by atoms with Crippen molar-refractivity contribution in [3.05, 3.63) is 16.2 Å². The normalized spacial score (nSPS) is 26.4. The predicted molar refractivity (Wildman–Crippen MR) is 95.5 cm³/mol. The highest BCUT2D eigenvalue weighted by atomic mass is 19.4. The van der Waals surface area contributed by atoms with Crippen LogP contribution in [0.3, 0.4) is 0 Å². The molecular weight excluding hydrogens is 399 g/mol. The second kappa shape index (κ2) is 7.41. The number of hydrogen-bond donors (Lipinski definition) is 0. The maximum Gasteiger partial charge on any atom is 0.408 e. The van der Waals surface area contributed by atoms with Gasteiger partial charge in [0.25, 0.3) is 5.56 Å². The Kier molecular flexibility index (Phi) is 5.20. The fraction of sp³-hybridized carbons (Fsp3) is 0.778. The number of morpholine rings is 1. The first-order valence-corrected chi connectivity index (χ1v) is 9.80. The zero-order chi connectivity index (χ0) is 20.9. The van der Waals surface area contributed by atoms with E-state index in [0.29, 0.717) is 12.8 Å². The standard InChI is InChI=1S/C18H23F5N4O2/c1-10-9-29-7-6-25(10)15-14(20)16(28)26-5-4-13(18(21,22)23)27(17(26)24-15)8-12(19)11-2-3-11/h10-13H,2-9H2,1H3/t10-,12-,13?/m1/s1. The summed E-state index contributed by atoms with van der Waals surface area (Å²) in [6.07, 6.45) is -5.27. The number of ether oxygens (including phenoxy) is 1. The summed E-state index contributed by atoms with van der Waals surface area (Å²) in [6, 6.07) is -2.27. The molecule has 3 atom stereocenters. The van der Waals surface area contributed by atoms with Crippen molar-refractivity contribution in [1.82, 2.24) is 9.55 Å². The Morgan fingerprint density at radius 1 is 1.24 bits per heavy atom. The predicted octanol–water partition coefficient (Wildman–Crippen LogP) is 2.50. The van der Waals surface area contributed by atoms with Crippen LogP contribution in [0.4, 0.5) is 33.7 Å². The van der Waals surface area contributed by atoms with Crippen molar-refractivity contribution in [3.8, 4) is 0 Å². The fourth-order valence-corrected chi connectivity index (χ4v) is 4.05. The summed E-state index contributed by atoms with van der Waals surface area (Å²) in [5.74, 6) is -1.99. The molecule has 0 radical (unpaired) electrons. The number of fused-ring (bicyclic) bond motifs is 1. The number of aromatic nitrogens is 2. The molecule has 1 aromatic heterocycles. The molecule has 2 aliphatic heterocycles. The fourth-order valence-electron chi connectivity index (χ4n) is 4.05. The molecule has 1 saturated heterocycles. The van der Waals surface area contributed by atoms with Crippen molar-refractivity contribution in [2.75, 3.05) is 36.1 Å². The Morgan fingerprint density at radius 3 is 2.59 bits per heavy atom. The van der Waals surface area contributed by atoms with Crippen LogP contribution in [-0.2, 0) is 11.3 Å². The summed E-state index contributed by atoms with van der Waals surface area (Å²) in [7, 11) is 0. The van der Waals surface area contributed by atoms with E-state index in [1.807, 2.05) is 0 Å². The van der Waals surface area contributed by atoms with Crippen LogP contribution in [0, 0.1) is 11.7 Å². The smallest absolute Gasteiger partial charge is 0.377 e. The van der Waals surface area contributed by atoms with E-state index < -0.39 is 42.7 Å². The van der Waals surface area contributed by atoms with Gasteiger partial charge in [-0.1, -0.05) is 0 Å². The van der Waals surface area contributed by atoms with Gasteiger partial charge in [-0.05, 0) is 32.1 Å². The average molecular weight is 422 g/mol. The van der Waals surface area contributed by atoms with Gasteiger partial charge in [-0.3, -0.25) is 9.36 Å². The Morgan fingerprint density at radius 2 is 1.97 bits per heavy atom. The zero-order valence-corrected chi connectivity index (χ0v) is 16.0. The highest BCUT2D eigenvalue weighted by Crippen LogP contribution is 2.39. The number of alkyl halides is 4. The number of rotatable bonds is 4. The van der Waals surface area contributed by atoms with E-state index in [9.17, 15) is 26.7 Å². The van der Waals surface area contributed by atoms with E-state index in [4.69, 9.17) is 4.74 Å². The molecule has 0 N–H and O–H groups in total. The molecule has 0 aromatic carbocycles. The van der Waals surface area contributed by atoms with Crippen LogP contribution in [-0.4, -0.2) is 60.3 Å². The number of hydrogen-bond acceptors (Lipinski definition) is 5. The summed E-state index contributed by atoms with van der Waals surface area (Å²) in [5, 5.41) is 0. The largest absolute Gasteiger partial charge is 0.408 e. The van der Waals surface area contributed by atoms with Crippen LogP contribution in [0.1, 0.15) is 26.2 Å². The van der Waals surface area contributed by atoms with Crippen LogP contribution in [0.2, 0.25) is 0 Å². The van der Waals surface area contributed by atoms with E-state index in [1.54, 1.807) is 6.92 Å². The third-order valence-electron chi connectivity index (χ3n) is 5.86. The topological polar surface area (TPSA) is 50.6 Å². The minimum atomic E-state index is -4.62. The molecule has 29 heavy (non-hydrogen) atoms. The van der Waals surface area contributed by atoms with Gasteiger partial charge in [-0.25, -0.2) is 4.39 Å². The summed E-state index contributed by atoms with van der Waals surface area (Å²) in [5.41, 5.74) is -1.03. The number of anilines is 2. The van der Waals surface area contributed by atoms with Crippen molar-refractivity contribution in [1.29, 1.82) is 0 Å². The molecule has 6 nitrogen and oxygen atoms in total. The summed E-state index contributed by atoms with van der Waals surface area (Å²) in [4.78, 5) is 19.1. The molecule has 1 saturated carbocycles. The molecular formula is C18H23F5N4O2. The van der Waals surface area contributed by atoms with Gasteiger partial charge >= 0.3 is 6.18 Å². The highest BCUT2D eigenvalue weighted by Gasteiger charge is 2.49. The highest BCUT2D eigenvalue weighted by molar-refractivity contribution is 5.49. The third-order valence-corrected chi connectivity index (χ3v) is 5.86. The van der Waals surface area contributed by atoms with Gasteiger partial charge in [0.05, 0.1) is 25.8 Å². The summed E-state index contributed by atoms with van der Waals surface area (Å²) < 4.78 is 76.5. The molecule has 3 aliphatic rings. The van der Waals surface area contributed by atoms with Crippen LogP contribution in [0.5, 0.6) is 0 Å². The van der Waals surface area contributed by atoms with Gasteiger partial charge in [0.2, 0.25) is 11.8 Å². The molecule has 0 spiro atoms. The van der Waals surface area contributed by atoms with E-state index in [0.717, 1.165) is 9.47 Å². The van der Waals surface area contributed by atoms with Gasteiger partial charge in [0.1, 0.15) is 12.2 Å². The van der Waals surface area contributed by atoms with Gasteiger partial charge in [-0.2, -0.15) is 22.5 Å². The second-order valence-electron chi connectivity index (χ2n) is 7.98. The lowest BCUT2D eigenvalue weighted by Crippen LogP contribution is -2.55. The number of nitrogens with zero attached hydrogens (tertiary/aromatic N) is 4. The van der Waals surface area contributed by atoms with E-state index in [1.165, 1.54) is 4.90 Å². The monoisotopic (exact) mass is 422 g/mol. The van der Waals surface area contributed by atoms with Crippen molar-refractivity contribution in [2.24, 2.45) is 5.92 Å². The average Bonchev–Trinajstić information content (AvgIpc) is 3.50. The Bertz CT molecular complexity index is 826. The number of halogens is 5. The molecule has 1 aliphatic carbocycles. The van der Waals surface area contributed by atoms with Crippen LogP contribution in [0.15, 0.2) is 4.79 Å².